The van der Waals surface area contributed by atoms with Gasteiger partial charge in [0.15, 0.2) is 0 Å². The Morgan fingerprint density at radius 1 is 1.38 bits per heavy atom. The maximum atomic E-state index is 12.5. The van der Waals surface area contributed by atoms with Crippen LogP contribution in [-0.2, 0) is 19.1 Å². The largest absolute Gasteiger partial charge is 0.464 e. The van der Waals surface area contributed by atoms with Gasteiger partial charge in [-0.1, -0.05) is 12.2 Å². The number of hydrogen-bond donors (Lipinski definition) is 1. The molecule has 4 atom stereocenters. The number of hydrogen-bond acceptors (Lipinski definition) is 4. The van der Waals surface area contributed by atoms with Crippen LogP contribution >= 0.6 is 0 Å². The fourth-order valence-electron chi connectivity index (χ4n) is 3.77. The SMILES string of the molecule is C=C1CC2CC(=O)[C@H]([C@@H](NC(C)=O)C(=O)OCC)C(C1)C2. The zero-order chi connectivity index (χ0) is 15.6. The molecule has 2 fully saturated rings. The van der Waals surface area contributed by atoms with Gasteiger partial charge in [-0.2, -0.15) is 0 Å². The van der Waals surface area contributed by atoms with Gasteiger partial charge in [0.05, 0.1) is 12.5 Å². The molecule has 2 unspecified atom stereocenters. The minimum absolute atomic E-state index is 0.0653. The van der Waals surface area contributed by atoms with E-state index in [-0.39, 0.29) is 24.2 Å². The molecule has 2 rings (SSSR count). The quantitative estimate of drug-likeness (QED) is 0.631. The Bertz CT molecular complexity index is 471. The third-order valence-electron chi connectivity index (χ3n) is 4.39. The van der Waals surface area contributed by atoms with Crippen molar-refractivity contribution in [2.45, 2.75) is 45.6 Å². The van der Waals surface area contributed by atoms with Crippen molar-refractivity contribution in [3.05, 3.63) is 12.2 Å². The van der Waals surface area contributed by atoms with E-state index in [1.165, 1.54) is 6.92 Å². The predicted octanol–water partition coefficient (Wildman–Crippen LogP) is 1.62. The maximum absolute atomic E-state index is 12.5. The first-order chi connectivity index (χ1) is 9.92. The molecule has 2 bridgehead atoms. The number of carbonyl (C=O) groups excluding carboxylic acids is 3. The predicted molar refractivity (Wildman–Crippen MR) is 77.3 cm³/mol. The summed E-state index contributed by atoms with van der Waals surface area (Å²) in [5, 5.41) is 2.62. The van der Waals surface area contributed by atoms with Crippen molar-refractivity contribution in [3.63, 3.8) is 0 Å². The molecule has 0 heterocycles. The molecular weight excluding hydrogens is 270 g/mol. The highest BCUT2D eigenvalue weighted by Crippen LogP contribution is 2.44. The average molecular weight is 293 g/mol. The lowest BCUT2D eigenvalue weighted by molar-refractivity contribution is -0.153. The summed E-state index contributed by atoms with van der Waals surface area (Å²) in [6.07, 6.45) is 3.04. The lowest BCUT2D eigenvalue weighted by Crippen LogP contribution is -2.54. The van der Waals surface area contributed by atoms with E-state index in [0.29, 0.717) is 12.3 Å². The zero-order valence-electron chi connectivity index (χ0n) is 12.7. The van der Waals surface area contributed by atoms with Crippen molar-refractivity contribution in [1.29, 1.82) is 0 Å². The number of fused-ring (bicyclic) bond motifs is 2. The Hall–Kier alpha value is -1.65. The van der Waals surface area contributed by atoms with E-state index in [1.54, 1.807) is 6.92 Å². The lowest BCUT2D eigenvalue weighted by atomic mass is 9.63. The van der Waals surface area contributed by atoms with Gasteiger partial charge in [0.25, 0.3) is 0 Å². The van der Waals surface area contributed by atoms with Crippen LogP contribution in [-0.4, -0.2) is 30.3 Å². The zero-order valence-corrected chi connectivity index (χ0v) is 12.7. The molecule has 0 aromatic rings. The van der Waals surface area contributed by atoms with Crippen LogP contribution in [0.4, 0.5) is 0 Å². The van der Waals surface area contributed by atoms with E-state index < -0.39 is 17.9 Å². The van der Waals surface area contributed by atoms with Gasteiger partial charge in [0, 0.05) is 13.3 Å². The molecule has 2 aliphatic rings. The standard InChI is InChI=1S/C16H23NO4/c1-4-21-16(20)15(17-10(3)18)14-12-6-9(2)5-11(7-12)8-13(14)19/h11-12,14-15H,2,4-8H2,1,3H3,(H,17,18)/t11?,12?,14-,15-/m1/s1. The molecule has 0 aromatic heterocycles. The summed E-state index contributed by atoms with van der Waals surface area (Å²) in [5.74, 6) is -0.825. The number of ether oxygens (including phenoxy) is 1. The minimum atomic E-state index is -0.869. The summed E-state index contributed by atoms with van der Waals surface area (Å²) in [6, 6.07) is -0.869. The number of ketones is 1. The maximum Gasteiger partial charge on any atom is 0.329 e. The summed E-state index contributed by atoms with van der Waals surface area (Å²) in [4.78, 5) is 36.0. The highest BCUT2D eigenvalue weighted by atomic mass is 16.5. The van der Waals surface area contributed by atoms with Crippen LogP contribution in [0.5, 0.6) is 0 Å². The van der Waals surface area contributed by atoms with Gasteiger partial charge >= 0.3 is 5.97 Å². The van der Waals surface area contributed by atoms with Crippen LogP contribution in [0.3, 0.4) is 0 Å². The molecule has 0 aromatic carbocycles. The number of Topliss-reactive ketones (excluding diaryl/α,β-unsaturated/α-hetero) is 1. The number of rotatable bonds is 4. The summed E-state index contributed by atoms with van der Waals surface area (Å²) < 4.78 is 5.04. The Labute approximate surface area is 125 Å². The molecule has 0 radical (unpaired) electrons. The third kappa shape index (κ3) is 3.52. The van der Waals surface area contributed by atoms with Crippen molar-refractivity contribution < 1.29 is 19.1 Å². The second kappa shape index (κ2) is 6.41. The Morgan fingerprint density at radius 3 is 2.71 bits per heavy atom. The van der Waals surface area contributed by atoms with E-state index in [2.05, 4.69) is 11.9 Å². The van der Waals surface area contributed by atoms with Gasteiger partial charge in [0.2, 0.25) is 5.91 Å². The van der Waals surface area contributed by atoms with E-state index >= 15 is 0 Å². The van der Waals surface area contributed by atoms with Gasteiger partial charge in [-0.15, -0.1) is 0 Å². The first-order valence-corrected chi connectivity index (χ1v) is 7.55. The molecule has 1 N–H and O–H groups in total. The third-order valence-corrected chi connectivity index (χ3v) is 4.39. The van der Waals surface area contributed by atoms with Gasteiger partial charge in [-0.05, 0) is 38.0 Å². The van der Waals surface area contributed by atoms with Crippen molar-refractivity contribution >= 4 is 17.7 Å². The van der Waals surface area contributed by atoms with Gasteiger partial charge in [-0.3, -0.25) is 9.59 Å². The highest BCUT2D eigenvalue weighted by Gasteiger charge is 2.46. The van der Waals surface area contributed by atoms with Gasteiger partial charge in [0.1, 0.15) is 11.8 Å². The number of esters is 1. The second-order valence-electron chi connectivity index (χ2n) is 6.15. The van der Waals surface area contributed by atoms with Gasteiger partial charge in [-0.25, -0.2) is 4.79 Å². The van der Waals surface area contributed by atoms with Crippen LogP contribution in [0.15, 0.2) is 12.2 Å². The molecule has 21 heavy (non-hydrogen) atoms. The molecule has 0 saturated heterocycles. The highest BCUT2D eigenvalue weighted by molar-refractivity contribution is 5.92. The summed E-state index contributed by atoms with van der Waals surface area (Å²) in [6.45, 7) is 7.34. The molecule has 0 spiro atoms. The summed E-state index contributed by atoms with van der Waals surface area (Å²) >= 11 is 0. The molecule has 2 saturated carbocycles. The van der Waals surface area contributed by atoms with Crippen LogP contribution in [0.1, 0.15) is 39.5 Å². The van der Waals surface area contributed by atoms with Crippen LogP contribution in [0.2, 0.25) is 0 Å². The Morgan fingerprint density at radius 2 is 2.10 bits per heavy atom. The molecule has 116 valence electrons. The molecule has 0 aliphatic heterocycles. The number of allylic oxidation sites excluding steroid dienone is 1. The molecular formula is C16H23NO4. The van der Waals surface area contributed by atoms with E-state index in [0.717, 1.165) is 24.8 Å². The first-order valence-electron chi connectivity index (χ1n) is 7.55. The van der Waals surface area contributed by atoms with Gasteiger partial charge < -0.3 is 10.1 Å². The van der Waals surface area contributed by atoms with E-state index in [1.807, 2.05) is 0 Å². The van der Waals surface area contributed by atoms with Crippen molar-refractivity contribution in [2.24, 2.45) is 17.8 Å². The summed E-state index contributed by atoms with van der Waals surface area (Å²) in [5.41, 5.74) is 1.14. The van der Waals surface area contributed by atoms with Crippen molar-refractivity contribution in [3.8, 4) is 0 Å². The smallest absolute Gasteiger partial charge is 0.329 e. The van der Waals surface area contributed by atoms with Crippen LogP contribution in [0, 0.1) is 17.8 Å². The second-order valence-corrected chi connectivity index (χ2v) is 6.15. The van der Waals surface area contributed by atoms with Crippen LogP contribution in [0.25, 0.3) is 0 Å². The monoisotopic (exact) mass is 293 g/mol. The number of carbonyl (C=O) groups is 3. The fraction of sp³-hybridized carbons (Fsp3) is 0.688. The fourth-order valence-corrected chi connectivity index (χ4v) is 3.77. The molecule has 1 amide bonds. The lowest BCUT2D eigenvalue weighted by Gasteiger charge is -2.42. The minimum Gasteiger partial charge on any atom is -0.464 e. The van der Waals surface area contributed by atoms with Crippen molar-refractivity contribution in [2.75, 3.05) is 6.61 Å². The normalized spacial score (nSPS) is 29.7. The molecule has 5 heteroatoms. The van der Waals surface area contributed by atoms with Crippen molar-refractivity contribution in [1.82, 2.24) is 5.32 Å². The van der Waals surface area contributed by atoms with E-state index in [4.69, 9.17) is 4.74 Å². The topological polar surface area (TPSA) is 72.5 Å². The number of nitrogens with one attached hydrogen (secondary N) is 1. The Balaban J connectivity index is 2.23. The Kier molecular flexibility index (Phi) is 4.80. The van der Waals surface area contributed by atoms with Crippen LogP contribution < -0.4 is 5.32 Å². The molecule has 5 nitrogen and oxygen atoms in total. The number of amides is 1. The first kappa shape index (κ1) is 15.7. The summed E-state index contributed by atoms with van der Waals surface area (Å²) in [7, 11) is 0. The average Bonchev–Trinajstić information content (AvgIpc) is 2.36. The van der Waals surface area contributed by atoms with E-state index in [9.17, 15) is 14.4 Å². The molecule has 2 aliphatic carbocycles.